The van der Waals surface area contributed by atoms with Crippen LogP contribution in [0.15, 0.2) is 54.6 Å². The maximum atomic E-state index is 5.92. The van der Waals surface area contributed by atoms with Crippen LogP contribution < -0.4 is 10.5 Å². The molecule has 19 heavy (non-hydrogen) atoms. The van der Waals surface area contributed by atoms with Gasteiger partial charge in [-0.3, -0.25) is 0 Å². The van der Waals surface area contributed by atoms with Crippen molar-refractivity contribution < 1.29 is 4.74 Å². The molecule has 0 saturated carbocycles. The van der Waals surface area contributed by atoms with Gasteiger partial charge < -0.3 is 10.5 Å². The van der Waals surface area contributed by atoms with Gasteiger partial charge in [0.1, 0.15) is 5.75 Å². The fraction of sp³-hybridized carbons (Fsp3) is 0.294. The average Bonchev–Trinajstić information content (AvgIpc) is 2.48. The van der Waals surface area contributed by atoms with Crippen LogP contribution in [-0.2, 0) is 12.8 Å². The van der Waals surface area contributed by atoms with Gasteiger partial charge in [0.15, 0.2) is 0 Å². The van der Waals surface area contributed by atoms with Crippen LogP contribution in [-0.4, -0.2) is 13.7 Å². The smallest absolute Gasteiger partial charge is 0.122 e. The van der Waals surface area contributed by atoms with Crippen molar-refractivity contribution in [1.82, 2.24) is 0 Å². The van der Waals surface area contributed by atoms with Gasteiger partial charge in [-0.2, -0.15) is 0 Å². The molecule has 0 aliphatic heterocycles. The van der Waals surface area contributed by atoms with Crippen molar-refractivity contribution in [1.29, 1.82) is 0 Å². The molecular formula is C17H21NO. The number of ether oxygens (including phenoxy) is 1. The van der Waals surface area contributed by atoms with E-state index in [1.807, 2.05) is 24.3 Å². The lowest BCUT2D eigenvalue weighted by Crippen LogP contribution is -2.19. The fourth-order valence-corrected chi connectivity index (χ4v) is 2.37. The first-order chi connectivity index (χ1) is 9.33. The number of hydrogen-bond acceptors (Lipinski definition) is 2. The van der Waals surface area contributed by atoms with E-state index >= 15 is 0 Å². The highest BCUT2D eigenvalue weighted by Gasteiger charge is 2.11. The van der Waals surface area contributed by atoms with E-state index in [0.717, 1.165) is 18.6 Å². The molecule has 0 fully saturated rings. The Morgan fingerprint density at radius 2 is 1.63 bits per heavy atom. The molecule has 2 aromatic rings. The first-order valence-electron chi connectivity index (χ1n) is 6.69. The molecule has 2 nitrogen and oxygen atoms in total. The Kier molecular flexibility index (Phi) is 4.99. The second-order valence-electron chi connectivity index (χ2n) is 4.81. The van der Waals surface area contributed by atoms with E-state index < -0.39 is 0 Å². The zero-order valence-corrected chi connectivity index (χ0v) is 11.4. The largest absolute Gasteiger partial charge is 0.496 e. The molecule has 0 aliphatic rings. The average molecular weight is 255 g/mol. The monoisotopic (exact) mass is 255 g/mol. The highest BCUT2D eigenvalue weighted by atomic mass is 16.5. The Balaban J connectivity index is 2.07. The molecule has 1 unspecified atom stereocenters. The van der Waals surface area contributed by atoms with E-state index in [-0.39, 0.29) is 0 Å². The van der Waals surface area contributed by atoms with Crippen LogP contribution in [0.1, 0.15) is 11.1 Å². The number of nitrogens with two attached hydrogens (primary N) is 1. The van der Waals surface area contributed by atoms with E-state index in [0.29, 0.717) is 12.5 Å². The summed E-state index contributed by atoms with van der Waals surface area (Å²) in [6.45, 7) is 0.687. The maximum absolute atomic E-state index is 5.92. The minimum Gasteiger partial charge on any atom is -0.496 e. The van der Waals surface area contributed by atoms with Gasteiger partial charge in [-0.15, -0.1) is 0 Å². The van der Waals surface area contributed by atoms with Crippen LogP contribution in [0.4, 0.5) is 0 Å². The Hall–Kier alpha value is -1.80. The van der Waals surface area contributed by atoms with Crippen LogP contribution in [0.2, 0.25) is 0 Å². The highest BCUT2D eigenvalue weighted by molar-refractivity contribution is 5.33. The van der Waals surface area contributed by atoms with Crippen molar-refractivity contribution in [2.75, 3.05) is 13.7 Å². The molecular weight excluding hydrogens is 234 g/mol. The van der Waals surface area contributed by atoms with Crippen LogP contribution in [0.3, 0.4) is 0 Å². The third-order valence-corrected chi connectivity index (χ3v) is 3.40. The van der Waals surface area contributed by atoms with Gasteiger partial charge in [0.25, 0.3) is 0 Å². The Morgan fingerprint density at radius 1 is 0.947 bits per heavy atom. The number of benzene rings is 2. The molecule has 0 amide bonds. The summed E-state index contributed by atoms with van der Waals surface area (Å²) in [4.78, 5) is 0. The summed E-state index contributed by atoms with van der Waals surface area (Å²) in [5, 5.41) is 0. The van der Waals surface area contributed by atoms with E-state index in [4.69, 9.17) is 10.5 Å². The number of rotatable bonds is 6. The Bertz CT molecular complexity index is 496. The molecule has 2 heteroatoms. The van der Waals surface area contributed by atoms with Gasteiger partial charge in [0.2, 0.25) is 0 Å². The SMILES string of the molecule is COc1ccccc1CC(CN)Cc1ccccc1. The lowest BCUT2D eigenvalue weighted by atomic mass is 9.92. The summed E-state index contributed by atoms with van der Waals surface area (Å²) in [5.41, 5.74) is 8.49. The molecule has 100 valence electrons. The molecule has 0 saturated heterocycles. The molecule has 2 rings (SSSR count). The minimum atomic E-state index is 0.443. The molecule has 0 aromatic heterocycles. The van der Waals surface area contributed by atoms with Crippen molar-refractivity contribution in [2.45, 2.75) is 12.8 Å². The quantitative estimate of drug-likeness (QED) is 0.861. The van der Waals surface area contributed by atoms with Crippen molar-refractivity contribution >= 4 is 0 Å². The summed E-state index contributed by atoms with van der Waals surface area (Å²) in [7, 11) is 1.72. The zero-order chi connectivity index (χ0) is 13.5. The lowest BCUT2D eigenvalue weighted by molar-refractivity contribution is 0.404. The lowest BCUT2D eigenvalue weighted by Gasteiger charge is -2.16. The van der Waals surface area contributed by atoms with Crippen LogP contribution in [0.25, 0.3) is 0 Å². The van der Waals surface area contributed by atoms with Crippen molar-refractivity contribution in [2.24, 2.45) is 11.7 Å². The van der Waals surface area contributed by atoms with Crippen molar-refractivity contribution in [3.8, 4) is 5.75 Å². The number of hydrogen-bond donors (Lipinski definition) is 1. The maximum Gasteiger partial charge on any atom is 0.122 e. The van der Waals surface area contributed by atoms with Gasteiger partial charge in [-0.05, 0) is 42.5 Å². The molecule has 0 spiro atoms. The Morgan fingerprint density at radius 3 is 2.32 bits per heavy atom. The van der Waals surface area contributed by atoms with Crippen molar-refractivity contribution in [3.63, 3.8) is 0 Å². The molecule has 0 aliphatic carbocycles. The molecule has 2 aromatic carbocycles. The number of methoxy groups -OCH3 is 1. The van der Waals surface area contributed by atoms with Crippen LogP contribution >= 0.6 is 0 Å². The topological polar surface area (TPSA) is 35.2 Å². The third-order valence-electron chi connectivity index (χ3n) is 3.40. The first-order valence-corrected chi connectivity index (χ1v) is 6.69. The van der Waals surface area contributed by atoms with Gasteiger partial charge in [0.05, 0.1) is 7.11 Å². The minimum absolute atomic E-state index is 0.443. The van der Waals surface area contributed by atoms with E-state index in [1.165, 1.54) is 11.1 Å². The summed E-state index contributed by atoms with van der Waals surface area (Å²) in [6, 6.07) is 18.7. The van der Waals surface area contributed by atoms with Gasteiger partial charge in [-0.25, -0.2) is 0 Å². The summed E-state index contributed by atoms with van der Waals surface area (Å²) < 4.78 is 5.40. The molecule has 1 atom stereocenters. The first kappa shape index (κ1) is 13.6. The van der Waals surface area contributed by atoms with Crippen LogP contribution in [0, 0.1) is 5.92 Å². The summed E-state index contributed by atoms with van der Waals surface area (Å²) in [6.07, 6.45) is 1.96. The standard InChI is InChI=1S/C17H21NO/c1-19-17-10-6-5-9-16(17)12-15(13-18)11-14-7-3-2-4-8-14/h2-10,15H,11-13,18H2,1H3. The fourth-order valence-electron chi connectivity index (χ4n) is 2.37. The Labute approximate surface area is 115 Å². The molecule has 0 bridgehead atoms. The second kappa shape index (κ2) is 6.95. The van der Waals surface area contributed by atoms with Gasteiger partial charge >= 0.3 is 0 Å². The molecule has 0 heterocycles. The second-order valence-corrected chi connectivity index (χ2v) is 4.81. The number of para-hydroxylation sites is 1. The normalized spacial score (nSPS) is 12.1. The molecule has 2 N–H and O–H groups in total. The summed E-state index contributed by atoms with van der Waals surface area (Å²) in [5.74, 6) is 1.40. The third kappa shape index (κ3) is 3.83. The van der Waals surface area contributed by atoms with E-state index in [2.05, 4.69) is 30.3 Å². The van der Waals surface area contributed by atoms with E-state index in [1.54, 1.807) is 7.11 Å². The molecule has 0 radical (unpaired) electrons. The van der Waals surface area contributed by atoms with E-state index in [9.17, 15) is 0 Å². The zero-order valence-electron chi connectivity index (χ0n) is 11.4. The predicted octanol–water partition coefficient (Wildman–Crippen LogP) is 3.06. The van der Waals surface area contributed by atoms with Gasteiger partial charge in [-0.1, -0.05) is 48.5 Å². The van der Waals surface area contributed by atoms with Crippen LogP contribution in [0.5, 0.6) is 5.75 Å². The van der Waals surface area contributed by atoms with Crippen molar-refractivity contribution in [3.05, 3.63) is 65.7 Å². The predicted molar refractivity (Wildman–Crippen MR) is 79.4 cm³/mol. The van der Waals surface area contributed by atoms with Gasteiger partial charge in [0, 0.05) is 0 Å². The summed E-state index contributed by atoms with van der Waals surface area (Å²) >= 11 is 0. The highest BCUT2D eigenvalue weighted by Crippen LogP contribution is 2.22.